The summed E-state index contributed by atoms with van der Waals surface area (Å²) in [6, 6.07) is 2.03. The lowest BCUT2D eigenvalue weighted by Gasteiger charge is -2.34. The molecule has 1 heterocycles. The molecule has 2 rings (SSSR count). The Bertz CT molecular complexity index is 716. The fraction of sp³-hybridized carbons (Fsp3) is 0.154. The highest BCUT2D eigenvalue weighted by molar-refractivity contribution is 6.42. The first-order valence-corrected chi connectivity index (χ1v) is 6.72. The van der Waals surface area contributed by atoms with Gasteiger partial charge in [0.1, 0.15) is 6.04 Å². The van der Waals surface area contributed by atoms with Crippen LogP contribution in [0.1, 0.15) is 18.5 Å². The maximum atomic E-state index is 11.9. The summed E-state index contributed by atoms with van der Waals surface area (Å²) in [5.41, 5.74) is -0.148. The first kappa shape index (κ1) is 16.1. The molecule has 1 unspecified atom stereocenters. The molecule has 7 nitrogen and oxygen atoms in total. The van der Waals surface area contributed by atoms with Crippen LogP contribution >= 0.6 is 23.2 Å². The number of hydrogen-bond acceptors (Lipinski definition) is 3. The number of amides is 3. The van der Waals surface area contributed by atoms with Gasteiger partial charge in [-0.3, -0.25) is 0 Å². The number of carbonyl (C=O) groups is 3. The summed E-state index contributed by atoms with van der Waals surface area (Å²) >= 11 is 12.0. The number of benzene rings is 1. The molecule has 0 bridgehead atoms. The third kappa shape index (κ3) is 2.60. The first-order chi connectivity index (χ1) is 10.3. The second-order valence-corrected chi connectivity index (χ2v) is 5.26. The SMILES string of the molecule is CC1=C(C(=O)O)C(c2cccc(Cl)c2Cl)N(C(=O)O)C(=O)N1. The van der Waals surface area contributed by atoms with Crippen molar-refractivity contribution < 1.29 is 24.6 Å². The van der Waals surface area contributed by atoms with Crippen LogP contribution in [0.15, 0.2) is 29.5 Å². The van der Waals surface area contributed by atoms with Gasteiger partial charge in [0, 0.05) is 11.3 Å². The van der Waals surface area contributed by atoms with Gasteiger partial charge >= 0.3 is 18.1 Å². The van der Waals surface area contributed by atoms with E-state index in [1.54, 1.807) is 0 Å². The molecule has 116 valence electrons. The van der Waals surface area contributed by atoms with E-state index in [1.165, 1.54) is 25.1 Å². The van der Waals surface area contributed by atoms with Crippen LogP contribution in [0.2, 0.25) is 10.0 Å². The van der Waals surface area contributed by atoms with Gasteiger partial charge in [-0.05, 0) is 13.0 Å². The van der Waals surface area contributed by atoms with E-state index in [4.69, 9.17) is 23.2 Å². The second-order valence-electron chi connectivity index (χ2n) is 4.47. The normalized spacial score (nSPS) is 18.2. The summed E-state index contributed by atoms with van der Waals surface area (Å²) < 4.78 is 0. The molecule has 0 radical (unpaired) electrons. The number of urea groups is 1. The first-order valence-electron chi connectivity index (χ1n) is 5.96. The minimum atomic E-state index is -1.61. The van der Waals surface area contributed by atoms with Crippen molar-refractivity contribution in [1.29, 1.82) is 0 Å². The molecule has 1 aliphatic heterocycles. The van der Waals surface area contributed by atoms with E-state index >= 15 is 0 Å². The predicted octanol–water partition coefficient (Wildman–Crippen LogP) is 3.10. The average molecular weight is 345 g/mol. The van der Waals surface area contributed by atoms with Crippen LogP contribution in [0.5, 0.6) is 0 Å². The highest BCUT2D eigenvalue weighted by atomic mass is 35.5. The Morgan fingerprint density at radius 2 is 1.91 bits per heavy atom. The lowest BCUT2D eigenvalue weighted by Crippen LogP contribution is -2.50. The zero-order valence-corrected chi connectivity index (χ0v) is 12.6. The Hall–Kier alpha value is -2.25. The van der Waals surface area contributed by atoms with Crippen LogP contribution in [0.3, 0.4) is 0 Å². The van der Waals surface area contributed by atoms with Crippen LogP contribution in [-0.2, 0) is 4.79 Å². The van der Waals surface area contributed by atoms with Gasteiger partial charge in [-0.15, -0.1) is 0 Å². The summed E-state index contributed by atoms with van der Waals surface area (Å²) in [7, 11) is 0. The quantitative estimate of drug-likeness (QED) is 0.764. The average Bonchev–Trinajstić information content (AvgIpc) is 2.39. The molecule has 0 saturated heterocycles. The molecule has 3 amide bonds. The Kier molecular flexibility index (Phi) is 4.30. The standard InChI is InChI=1S/C13H10Cl2N2O5/c1-5-8(11(18)19)10(17(13(21)22)12(20)16-5)6-3-2-4-7(14)9(6)15/h2-4,10H,1H3,(H,16,20)(H,18,19)(H,21,22). The molecule has 0 aromatic heterocycles. The number of imide groups is 1. The molecule has 1 aromatic rings. The summed E-state index contributed by atoms with van der Waals surface area (Å²) in [4.78, 5) is 35.2. The van der Waals surface area contributed by atoms with E-state index in [0.29, 0.717) is 4.90 Å². The lowest BCUT2D eigenvalue weighted by molar-refractivity contribution is -0.133. The third-order valence-electron chi connectivity index (χ3n) is 3.16. The Morgan fingerprint density at radius 1 is 1.27 bits per heavy atom. The fourth-order valence-corrected chi connectivity index (χ4v) is 2.65. The number of hydrogen-bond donors (Lipinski definition) is 3. The van der Waals surface area contributed by atoms with Crippen molar-refractivity contribution in [1.82, 2.24) is 10.2 Å². The van der Waals surface area contributed by atoms with Crippen molar-refractivity contribution in [2.45, 2.75) is 13.0 Å². The Morgan fingerprint density at radius 3 is 2.45 bits per heavy atom. The summed E-state index contributed by atoms with van der Waals surface area (Å²) in [5.74, 6) is -1.37. The molecule has 0 fully saturated rings. The number of allylic oxidation sites excluding steroid dienone is 1. The smallest absolute Gasteiger partial charge is 0.416 e. The Labute approximate surface area is 134 Å². The zero-order chi connectivity index (χ0) is 16.6. The highest BCUT2D eigenvalue weighted by Crippen LogP contribution is 2.39. The molecule has 1 aliphatic rings. The van der Waals surface area contributed by atoms with Crippen molar-refractivity contribution >= 4 is 41.3 Å². The third-order valence-corrected chi connectivity index (χ3v) is 3.99. The summed E-state index contributed by atoms with van der Waals surface area (Å²) in [6.07, 6.45) is -1.61. The van der Waals surface area contributed by atoms with Gasteiger partial charge < -0.3 is 15.5 Å². The maximum absolute atomic E-state index is 11.9. The minimum absolute atomic E-state index is 0.0123. The number of aliphatic carboxylic acids is 1. The number of halogens is 2. The summed E-state index contributed by atoms with van der Waals surface area (Å²) in [6.45, 7) is 1.37. The van der Waals surface area contributed by atoms with Crippen molar-refractivity contribution in [3.8, 4) is 0 Å². The van der Waals surface area contributed by atoms with Gasteiger partial charge in [-0.25, -0.2) is 19.3 Å². The van der Waals surface area contributed by atoms with Crippen LogP contribution < -0.4 is 5.32 Å². The maximum Gasteiger partial charge on any atom is 0.416 e. The molecule has 0 saturated carbocycles. The van der Waals surface area contributed by atoms with Crippen molar-refractivity contribution in [2.24, 2.45) is 0 Å². The zero-order valence-electron chi connectivity index (χ0n) is 11.1. The van der Waals surface area contributed by atoms with Crippen LogP contribution in [0.25, 0.3) is 0 Å². The van der Waals surface area contributed by atoms with E-state index < -0.39 is 24.1 Å². The van der Waals surface area contributed by atoms with Gasteiger partial charge in [0.15, 0.2) is 0 Å². The van der Waals surface area contributed by atoms with E-state index in [-0.39, 0.29) is 26.9 Å². The molecular formula is C13H10Cl2N2O5. The van der Waals surface area contributed by atoms with E-state index in [2.05, 4.69) is 5.32 Å². The van der Waals surface area contributed by atoms with Gasteiger partial charge in [0.05, 0.1) is 15.6 Å². The Balaban J connectivity index is 2.75. The van der Waals surface area contributed by atoms with Gasteiger partial charge in [0.2, 0.25) is 0 Å². The molecule has 0 aliphatic carbocycles. The highest BCUT2D eigenvalue weighted by Gasteiger charge is 2.42. The van der Waals surface area contributed by atoms with E-state index in [0.717, 1.165) is 0 Å². The number of nitrogens with zero attached hydrogens (tertiary/aromatic N) is 1. The predicted molar refractivity (Wildman–Crippen MR) is 77.9 cm³/mol. The van der Waals surface area contributed by atoms with Gasteiger partial charge in [-0.2, -0.15) is 0 Å². The molecule has 1 atom stereocenters. The number of rotatable bonds is 2. The fourth-order valence-electron chi connectivity index (χ4n) is 2.24. The summed E-state index contributed by atoms with van der Waals surface area (Å²) in [5, 5.41) is 21.0. The van der Waals surface area contributed by atoms with Crippen molar-refractivity contribution in [3.05, 3.63) is 45.1 Å². The van der Waals surface area contributed by atoms with Gasteiger partial charge in [0.25, 0.3) is 0 Å². The van der Waals surface area contributed by atoms with Crippen LogP contribution in [0.4, 0.5) is 9.59 Å². The van der Waals surface area contributed by atoms with Crippen molar-refractivity contribution in [3.63, 3.8) is 0 Å². The molecule has 1 aromatic carbocycles. The van der Waals surface area contributed by atoms with Crippen LogP contribution in [0, 0.1) is 0 Å². The topological polar surface area (TPSA) is 107 Å². The van der Waals surface area contributed by atoms with Crippen molar-refractivity contribution in [2.75, 3.05) is 0 Å². The molecule has 9 heteroatoms. The van der Waals surface area contributed by atoms with Gasteiger partial charge in [-0.1, -0.05) is 35.3 Å². The molecule has 0 spiro atoms. The van der Waals surface area contributed by atoms with E-state index in [9.17, 15) is 24.6 Å². The monoisotopic (exact) mass is 344 g/mol. The van der Waals surface area contributed by atoms with E-state index in [1.807, 2.05) is 0 Å². The molecule has 22 heavy (non-hydrogen) atoms. The molecular weight excluding hydrogens is 335 g/mol. The number of carbonyl (C=O) groups excluding carboxylic acids is 1. The number of nitrogens with one attached hydrogen (secondary N) is 1. The molecule has 3 N–H and O–H groups in total. The number of carboxylic acid groups (broad SMARTS) is 2. The largest absolute Gasteiger partial charge is 0.478 e. The minimum Gasteiger partial charge on any atom is -0.478 e. The number of carboxylic acids is 1. The van der Waals surface area contributed by atoms with Crippen LogP contribution in [-0.4, -0.2) is 33.2 Å². The second kappa shape index (κ2) is 5.86. The lowest BCUT2D eigenvalue weighted by atomic mass is 9.94.